The van der Waals surface area contributed by atoms with Crippen molar-refractivity contribution in [3.05, 3.63) is 23.8 Å². The first kappa shape index (κ1) is 11.4. The average molecular weight is 232 g/mol. The number of nitrogens with zero attached hydrogens (tertiary/aromatic N) is 3. The lowest BCUT2D eigenvalue weighted by molar-refractivity contribution is 0.430. The summed E-state index contributed by atoms with van der Waals surface area (Å²) in [5, 5.41) is 3.93. The number of aromatic nitrogens is 2. The van der Waals surface area contributed by atoms with Crippen molar-refractivity contribution in [1.29, 1.82) is 0 Å². The van der Waals surface area contributed by atoms with Gasteiger partial charge in [-0.2, -0.15) is 4.98 Å². The highest BCUT2D eigenvalue weighted by Gasteiger charge is 2.13. The SMILES string of the molecule is CCN(C)c1noc(-c2cc(N)ccc2C)n1. The molecule has 5 nitrogen and oxygen atoms in total. The molecule has 5 heteroatoms. The number of hydrogen-bond donors (Lipinski definition) is 1. The van der Waals surface area contributed by atoms with Crippen LogP contribution in [0, 0.1) is 6.92 Å². The zero-order valence-corrected chi connectivity index (χ0v) is 10.3. The Morgan fingerprint density at radius 3 is 2.88 bits per heavy atom. The van der Waals surface area contributed by atoms with Gasteiger partial charge in [0.15, 0.2) is 0 Å². The summed E-state index contributed by atoms with van der Waals surface area (Å²) in [7, 11) is 1.92. The van der Waals surface area contributed by atoms with E-state index in [1.165, 1.54) is 0 Å². The lowest BCUT2D eigenvalue weighted by Gasteiger charge is -2.08. The molecule has 17 heavy (non-hydrogen) atoms. The number of nitrogens with two attached hydrogens (primary N) is 1. The van der Waals surface area contributed by atoms with Gasteiger partial charge in [0.05, 0.1) is 0 Å². The van der Waals surface area contributed by atoms with Gasteiger partial charge in [-0.1, -0.05) is 6.07 Å². The molecule has 0 fully saturated rings. The van der Waals surface area contributed by atoms with Gasteiger partial charge < -0.3 is 15.2 Å². The Morgan fingerprint density at radius 1 is 1.41 bits per heavy atom. The summed E-state index contributed by atoms with van der Waals surface area (Å²) < 4.78 is 5.25. The van der Waals surface area contributed by atoms with Crippen LogP contribution in [0.4, 0.5) is 11.6 Å². The Labute approximate surface area is 100 Å². The molecule has 1 aromatic carbocycles. The second-order valence-electron chi connectivity index (χ2n) is 3.99. The van der Waals surface area contributed by atoms with Crippen molar-refractivity contribution in [1.82, 2.24) is 10.1 Å². The van der Waals surface area contributed by atoms with Crippen LogP contribution >= 0.6 is 0 Å². The Kier molecular flexibility index (Phi) is 2.99. The number of anilines is 2. The van der Waals surface area contributed by atoms with Crippen LogP contribution in [0.25, 0.3) is 11.5 Å². The normalized spacial score (nSPS) is 10.5. The van der Waals surface area contributed by atoms with Gasteiger partial charge in [-0.25, -0.2) is 0 Å². The van der Waals surface area contributed by atoms with E-state index in [0.717, 1.165) is 17.7 Å². The standard InChI is InChI=1S/C12H16N4O/c1-4-16(3)12-14-11(17-15-12)10-7-9(13)6-5-8(10)2/h5-7H,4,13H2,1-3H3. The van der Waals surface area contributed by atoms with Crippen molar-refractivity contribution in [2.75, 3.05) is 24.2 Å². The maximum atomic E-state index is 5.76. The fourth-order valence-corrected chi connectivity index (χ4v) is 1.49. The topological polar surface area (TPSA) is 68.2 Å². The molecule has 0 aliphatic rings. The summed E-state index contributed by atoms with van der Waals surface area (Å²) in [5.41, 5.74) is 8.39. The summed E-state index contributed by atoms with van der Waals surface area (Å²) in [6.07, 6.45) is 0. The predicted octanol–water partition coefficient (Wildman–Crippen LogP) is 2.08. The molecule has 0 spiro atoms. The van der Waals surface area contributed by atoms with Gasteiger partial charge in [0.2, 0.25) is 0 Å². The van der Waals surface area contributed by atoms with Crippen molar-refractivity contribution >= 4 is 11.6 Å². The maximum Gasteiger partial charge on any atom is 0.266 e. The monoisotopic (exact) mass is 232 g/mol. The van der Waals surface area contributed by atoms with E-state index in [0.29, 0.717) is 17.5 Å². The molecule has 0 saturated heterocycles. The molecule has 0 radical (unpaired) electrons. The highest BCUT2D eigenvalue weighted by Crippen LogP contribution is 2.25. The first-order valence-corrected chi connectivity index (χ1v) is 5.53. The molecule has 1 heterocycles. The van der Waals surface area contributed by atoms with Gasteiger partial charge in [0.25, 0.3) is 11.8 Å². The van der Waals surface area contributed by atoms with Crippen LogP contribution in [0.2, 0.25) is 0 Å². The van der Waals surface area contributed by atoms with Crippen molar-refractivity contribution in [2.45, 2.75) is 13.8 Å². The summed E-state index contributed by atoms with van der Waals surface area (Å²) in [5.74, 6) is 1.09. The molecule has 2 N–H and O–H groups in total. The zero-order valence-electron chi connectivity index (χ0n) is 10.3. The van der Waals surface area contributed by atoms with Crippen LogP contribution in [0.5, 0.6) is 0 Å². The first-order valence-electron chi connectivity index (χ1n) is 5.53. The molecule has 2 rings (SSSR count). The molecular weight excluding hydrogens is 216 g/mol. The average Bonchev–Trinajstić information content (AvgIpc) is 2.80. The minimum atomic E-state index is 0.505. The minimum absolute atomic E-state index is 0.505. The third-order valence-electron chi connectivity index (χ3n) is 2.72. The number of aryl methyl sites for hydroxylation is 1. The molecule has 0 bridgehead atoms. The molecule has 90 valence electrons. The Hall–Kier alpha value is -2.04. The number of nitrogen functional groups attached to an aromatic ring is 1. The Balaban J connectivity index is 2.40. The maximum absolute atomic E-state index is 5.76. The molecule has 1 aromatic heterocycles. The fraction of sp³-hybridized carbons (Fsp3) is 0.333. The van der Waals surface area contributed by atoms with E-state index in [9.17, 15) is 0 Å². The second-order valence-corrected chi connectivity index (χ2v) is 3.99. The van der Waals surface area contributed by atoms with Crippen LogP contribution in [0.3, 0.4) is 0 Å². The largest absolute Gasteiger partial charge is 0.399 e. The van der Waals surface area contributed by atoms with E-state index in [2.05, 4.69) is 10.1 Å². The highest BCUT2D eigenvalue weighted by atomic mass is 16.5. The van der Waals surface area contributed by atoms with Crippen LogP contribution in [0.15, 0.2) is 22.7 Å². The quantitative estimate of drug-likeness (QED) is 0.820. The van der Waals surface area contributed by atoms with Crippen molar-refractivity contribution in [2.24, 2.45) is 0 Å². The molecule has 0 unspecified atom stereocenters. The van der Waals surface area contributed by atoms with Crippen LogP contribution in [-0.4, -0.2) is 23.7 Å². The molecule has 0 amide bonds. The van der Waals surface area contributed by atoms with E-state index in [-0.39, 0.29) is 0 Å². The summed E-state index contributed by atoms with van der Waals surface area (Å²) >= 11 is 0. The second kappa shape index (κ2) is 4.45. The van der Waals surface area contributed by atoms with Crippen molar-refractivity contribution in [3.8, 4) is 11.5 Å². The van der Waals surface area contributed by atoms with E-state index >= 15 is 0 Å². The first-order chi connectivity index (χ1) is 8.11. The van der Waals surface area contributed by atoms with Gasteiger partial charge in [-0.15, -0.1) is 0 Å². The van der Waals surface area contributed by atoms with Gasteiger partial charge in [0.1, 0.15) is 0 Å². The lowest BCUT2D eigenvalue weighted by Crippen LogP contribution is -2.16. The number of rotatable bonds is 3. The molecular formula is C12H16N4O. The summed E-state index contributed by atoms with van der Waals surface area (Å²) in [4.78, 5) is 6.26. The molecule has 2 aromatic rings. The summed E-state index contributed by atoms with van der Waals surface area (Å²) in [6.45, 7) is 4.85. The Morgan fingerprint density at radius 2 is 2.18 bits per heavy atom. The van der Waals surface area contributed by atoms with Gasteiger partial charge in [0, 0.05) is 24.8 Å². The highest BCUT2D eigenvalue weighted by molar-refractivity contribution is 5.64. The molecule has 0 aliphatic carbocycles. The van der Waals surface area contributed by atoms with E-state index in [1.54, 1.807) is 0 Å². The smallest absolute Gasteiger partial charge is 0.266 e. The number of hydrogen-bond acceptors (Lipinski definition) is 5. The molecule has 0 atom stereocenters. The third kappa shape index (κ3) is 2.22. The van der Waals surface area contributed by atoms with Gasteiger partial charge in [-0.05, 0) is 36.7 Å². The molecule has 0 saturated carbocycles. The van der Waals surface area contributed by atoms with Crippen LogP contribution in [-0.2, 0) is 0 Å². The molecule has 0 aliphatic heterocycles. The Bertz CT molecular complexity index is 521. The minimum Gasteiger partial charge on any atom is -0.399 e. The van der Waals surface area contributed by atoms with Crippen molar-refractivity contribution < 1.29 is 4.52 Å². The zero-order chi connectivity index (χ0) is 12.4. The lowest BCUT2D eigenvalue weighted by atomic mass is 10.1. The van der Waals surface area contributed by atoms with E-state index in [4.69, 9.17) is 10.3 Å². The van der Waals surface area contributed by atoms with Crippen LogP contribution in [0.1, 0.15) is 12.5 Å². The third-order valence-corrected chi connectivity index (χ3v) is 2.72. The predicted molar refractivity (Wildman–Crippen MR) is 67.8 cm³/mol. The van der Waals surface area contributed by atoms with E-state index in [1.807, 2.05) is 44.0 Å². The van der Waals surface area contributed by atoms with E-state index < -0.39 is 0 Å². The van der Waals surface area contributed by atoms with Gasteiger partial charge in [-0.3, -0.25) is 0 Å². The fourth-order valence-electron chi connectivity index (χ4n) is 1.49. The summed E-state index contributed by atoms with van der Waals surface area (Å²) in [6, 6.07) is 5.64. The van der Waals surface area contributed by atoms with Crippen molar-refractivity contribution in [3.63, 3.8) is 0 Å². The van der Waals surface area contributed by atoms with Gasteiger partial charge >= 0.3 is 0 Å². The van der Waals surface area contributed by atoms with Crippen LogP contribution < -0.4 is 10.6 Å². The number of benzene rings is 1.